The van der Waals surface area contributed by atoms with Crippen molar-refractivity contribution in [2.45, 2.75) is 91.5 Å². The Morgan fingerprint density at radius 2 is 1.78 bits per heavy atom. The van der Waals surface area contributed by atoms with E-state index >= 15 is 0 Å². The second-order valence-corrected chi connectivity index (χ2v) is 7.70. The maximum Gasteiger partial charge on any atom is 0.268 e. The lowest BCUT2D eigenvalue weighted by molar-refractivity contribution is -0.141. The molecule has 1 heterocycles. The van der Waals surface area contributed by atoms with E-state index in [2.05, 4.69) is 6.92 Å². The lowest BCUT2D eigenvalue weighted by atomic mass is 9.98. The number of ketones is 1. The summed E-state index contributed by atoms with van der Waals surface area (Å²) in [7, 11) is 0. The molecule has 0 aliphatic carbocycles. The zero-order chi connectivity index (χ0) is 20.4. The molecule has 0 aromatic carbocycles. The lowest BCUT2D eigenvalue weighted by Crippen LogP contribution is -2.40. The van der Waals surface area contributed by atoms with Crippen LogP contribution in [-0.4, -0.2) is 33.6 Å². The van der Waals surface area contributed by atoms with Gasteiger partial charge in [-0.05, 0) is 37.7 Å². The fourth-order valence-electron chi connectivity index (χ4n) is 3.32. The van der Waals surface area contributed by atoms with Gasteiger partial charge in [0.2, 0.25) is 0 Å². The van der Waals surface area contributed by atoms with Crippen molar-refractivity contribution >= 4 is 17.6 Å². The standard InChI is InChI=1S/C22H35NO4/c1-5-7-8-9-10-11-12-14-19(25)23-17(15-16(3)4)21(26)20(22(23)27)18(24)13-6-2/h12,14,16-17,24H,5-11,13,15H2,1-4H3/b14-12+,20-18-. The SMILES string of the molecule is CCCCCCC/C=C/C(=O)N1C(=O)/C(=C(\O)CCC)C(=O)C1CC(C)C. The number of imide groups is 1. The normalized spacial score (nSPS) is 19.6. The summed E-state index contributed by atoms with van der Waals surface area (Å²) < 4.78 is 0. The molecule has 1 aliphatic rings. The van der Waals surface area contributed by atoms with Crippen molar-refractivity contribution in [3.8, 4) is 0 Å². The third-order valence-corrected chi connectivity index (χ3v) is 4.74. The van der Waals surface area contributed by atoms with E-state index in [0.29, 0.717) is 12.8 Å². The third kappa shape index (κ3) is 6.64. The number of aliphatic hydroxyl groups excluding tert-OH is 1. The van der Waals surface area contributed by atoms with Crippen LogP contribution in [0.4, 0.5) is 0 Å². The molecular weight excluding hydrogens is 342 g/mol. The smallest absolute Gasteiger partial charge is 0.268 e. The first kappa shape index (κ1) is 23.1. The minimum atomic E-state index is -0.812. The predicted octanol–water partition coefficient (Wildman–Crippen LogP) is 4.87. The van der Waals surface area contributed by atoms with Crippen LogP contribution in [0.1, 0.15) is 85.5 Å². The fraction of sp³-hybridized carbons (Fsp3) is 0.682. The van der Waals surface area contributed by atoms with Crippen LogP contribution in [0, 0.1) is 5.92 Å². The van der Waals surface area contributed by atoms with E-state index in [9.17, 15) is 19.5 Å². The zero-order valence-electron chi connectivity index (χ0n) is 17.3. The van der Waals surface area contributed by atoms with E-state index in [1.807, 2.05) is 20.8 Å². The topological polar surface area (TPSA) is 74.7 Å². The highest BCUT2D eigenvalue weighted by Crippen LogP contribution is 2.28. The maximum atomic E-state index is 12.7. The molecule has 1 unspecified atom stereocenters. The molecule has 152 valence electrons. The number of aliphatic hydroxyl groups is 1. The number of Topliss-reactive ketones (excluding diaryl/α,β-unsaturated/α-hetero) is 1. The van der Waals surface area contributed by atoms with Crippen molar-refractivity contribution < 1.29 is 19.5 Å². The molecule has 0 spiro atoms. The number of hydrogen-bond donors (Lipinski definition) is 1. The molecule has 27 heavy (non-hydrogen) atoms. The van der Waals surface area contributed by atoms with E-state index < -0.39 is 23.6 Å². The van der Waals surface area contributed by atoms with Gasteiger partial charge in [-0.15, -0.1) is 0 Å². The number of unbranched alkanes of at least 4 members (excludes halogenated alkanes) is 5. The van der Waals surface area contributed by atoms with Gasteiger partial charge in [-0.3, -0.25) is 19.3 Å². The second kappa shape index (κ2) is 11.7. The molecular formula is C22H35NO4. The average Bonchev–Trinajstić information content (AvgIpc) is 2.84. The quantitative estimate of drug-likeness (QED) is 0.241. The Labute approximate surface area is 163 Å². The molecule has 0 bridgehead atoms. The van der Waals surface area contributed by atoms with E-state index in [0.717, 1.165) is 24.2 Å². The predicted molar refractivity (Wildman–Crippen MR) is 107 cm³/mol. The maximum absolute atomic E-state index is 12.7. The summed E-state index contributed by atoms with van der Waals surface area (Å²) in [5.41, 5.74) is -0.205. The molecule has 0 saturated carbocycles. The first-order valence-corrected chi connectivity index (χ1v) is 10.3. The molecule has 0 aromatic rings. The molecule has 0 radical (unpaired) electrons. The van der Waals surface area contributed by atoms with Gasteiger partial charge < -0.3 is 5.11 Å². The molecule has 0 aromatic heterocycles. The first-order valence-electron chi connectivity index (χ1n) is 10.3. The fourth-order valence-corrected chi connectivity index (χ4v) is 3.32. The highest BCUT2D eigenvalue weighted by molar-refractivity contribution is 6.31. The number of carbonyl (C=O) groups excluding carboxylic acids is 3. The van der Waals surface area contributed by atoms with Crippen LogP contribution in [0.3, 0.4) is 0 Å². The number of nitrogens with zero attached hydrogens (tertiary/aromatic N) is 1. The lowest BCUT2D eigenvalue weighted by Gasteiger charge is -2.21. The van der Waals surface area contributed by atoms with Crippen molar-refractivity contribution in [1.82, 2.24) is 4.90 Å². The van der Waals surface area contributed by atoms with Gasteiger partial charge in [-0.1, -0.05) is 59.5 Å². The Bertz CT molecular complexity index is 589. The van der Waals surface area contributed by atoms with Gasteiger partial charge in [-0.25, -0.2) is 0 Å². The van der Waals surface area contributed by atoms with Crippen LogP contribution in [-0.2, 0) is 14.4 Å². The van der Waals surface area contributed by atoms with Crippen molar-refractivity contribution in [2.24, 2.45) is 5.92 Å². The minimum Gasteiger partial charge on any atom is -0.511 e. The van der Waals surface area contributed by atoms with Crippen LogP contribution >= 0.6 is 0 Å². The van der Waals surface area contributed by atoms with Gasteiger partial charge >= 0.3 is 0 Å². The van der Waals surface area contributed by atoms with E-state index in [1.165, 1.54) is 25.3 Å². The number of rotatable bonds is 11. The summed E-state index contributed by atoms with van der Waals surface area (Å²) in [5.74, 6) is -1.60. The average molecular weight is 378 g/mol. The second-order valence-electron chi connectivity index (χ2n) is 7.70. The minimum absolute atomic E-state index is 0.150. The third-order valence-electron chi connectivity index (χ3n) is 4.74. The summed E-state index contributed by atoms with van der Waals surface area (Å²) in [6.45, 7) is 7.92. The number of likely N-dealkylation sites (tertiary alicyclic amines) is 1. The molecule has 1 N–H and O–H groups in total. The molecule has 1 atom stereocenters. The Morgan fingerprint density at radius 1 is 1.11 bits per heavy atom. The monoisotopic (exact) mass is 377 g/mol. The van der Waals surface area contributed by atoms with Crippen molar-refractivity contribution in [3.05, 3.63) is 23.5 Å². The summed E-state index contributed by atoms with van der Waals surface area (Å²) >= 11 is 0. The molecule has 1 aliphatic heterocycles. The summed E-state index contributed by atoms with van der Waals surface area (Å²) in [6.07, 6.45) is 11.0. The van der Waals surface area contributed by atoms with Gasteiger partial charge in [0.1, 0.15) is 17.4 Å². The van der Waals surface area contributed by atoms with Crippen LogP contribution in [0.5, 0.6) is 0 Å². The number of carbonyl (C=O) groups is 3. The van der Waals surface area contributed by atoms with E-state index in [1.54, 1.807) is 6.08 Å². The number of amides is 2. The molecule has 1 saturated heterocycles. The Hall–Kier alpha value is -1.91. The highest BCUT2D eigenvalue weighted by atomic mass is 16.3. The molecule has 5 heteroatoms. The van der Waals surface area contributed by atoms with Crippen LogP contribution in [0.2, 0.25) is 0 Å². The van der Waals surface area contributed by atoms with Crippen molar-refractivity contribution in [1.29, 1.82) is 0 Å². The molecule has 2 amide bonds. The first-order chi connectivity index (χ1) is 12.8. The molecule has 1 fully saturated rings. The van der Waals surface area contributed by atoms with Gasteiger partial charge in [0.15, 0.2) is 5.78 Å². The Morgan fingerprint density at radius 3 is 2.37 bits per heavy atom. The van der Waals surface area contributed by atoms with Gasteiger partial charge in [0, 0.05) is 6.42 Å². The molecule has 1 rings (SSSR count). The Balaban J connectivity index is 2.87. The van der Waals surface area contributed by atoms with Gasteiger partial charge in [-0.2, -0.15) is 0 Å². The summed E-state index contributed by atoms with van der Waals surface area (Å²) in [4.78, 5) is 39.1. The van der Waals surface area contributed by atoms with Gasteiger partial charge in [0.25, 0.3) is 11.8 Å². The van der Waals surface area contributed by atoms with E-state index in [-0.39, 0.29) is 23.7 Å². The zero-order valence-corrected chi connectivity index (χ0v) is 17.3. The van der Waals surface area contributed by atoms with Crippen molar-refractivity contribution in [2.75, 3.05) is 0 Å². The van der Waals surface area contributed by atoms with Crippen LogP contribution < -0.4 is 0 Å². The van der Waals surface area contributed by atoms with E-state index in [4.69, 9.17) is 0 Å². The summed E-state index contributed by atoms with van der Waals surface area (Å²) in [5, 5.41) is 10.1. The number of hydrogen-bond acceptors (Lipinski definition) is 4. The van der Waals surface area contributed by atoms with Gasteiger partial charge in [0.05, 0.1) is 0 Å². The largest absolute Gasteiger partial charge is 0.511 e. The van der Waals surface area contributed by atoms with Crippen LogP contribution in [0.25, 0.3) is 0 Å². The van der Waals surface area contributed by atoms with Crippen LogP contribution in [0.15, 0.2) is 23.5 Å². The summed E-state index contributed by atoms with van der Waals surface area (Å²) in [6, 6.07) is -0.812. The number of allylic oxidation sites excluding steroid dienone is 2. The molecule has 5 nitrogen and oxygen atoms in total. The Kier molecular flexibility index (Phi) is 10.0. The van der Waals surface area contributed by atoms with Crippen molar-refractivity contribution in [3.63, 3.8) is 0 Å². The highest BCUT2D eigenvalue weighted by Gasteiger charge is 2.47.